The Morgan fingerprint density at radius 2 is 2.20 bits per heavy atom. The third-order valence-corrected chi connectivity index (χ3v) is 3.37. The number of aromatic nitrogens is 1. The van der Waals surface area contributed by atoms with E-state index in [4.69, 9.17) is 9.84 Å². The van der Waals surface area contributed by atoms with Crippen LogP contribution in [0.25, 0.3) is 0 Å². The predicted octanol–water partition coefficient (Wildman–Crippen LogP) is 1.10. The van der Waals surface area contributed by atoms with Crippen LogP contribution < -0.4 is 4.74 Å². The van der Waals surface area contributed by atoms with Crippen molar-refractivity contribution >= 4 is 11.9 Å². The molecule has 1 atom stereocenters. The second kappa shape index (κ2) is 5.90. The first kappa shape index (κ1) is 14.3. The predicted molar refractivity (Wildman–Crippen MR) is 71.5 cm³/mol. The fourth-order valence-corrected chi connectivity index (χ4v) is 2.09. The van der Waals surface area contributed by atoms with E-state index in [0.29, 0.717) is 11.4 Å². The van der Waals surface area contributed by atoms with E-state index in [1.807, 2.05) is 0 Å². The molecule has 6 nitrogen and oxygen atoms in total. The lowest BCUT2D eigenvalue weighted by Crippen LogP contribution is -2.45. The van der Waals surface area contributed by atoms with Crippen molar-refractivity contribution < 1.29 is 19.4 Å². The highest BCUT2D eigenvalue weighted by molar-refractivity contribution is 5.85. The van der Waals surface area contributed by atoms with Gasteiger partial charge in [-0.2, -0.15) is 0 Å². The molecule has 1 aromatic heterocycles. The summed E-state index contributed by atoms with van der Waals surface area (Å²) in [6, 6.07) is 2.71. The first-order valence-corrected chi connectivity index (χ1v) is 6.56. The lowest BCUT2D eigenvalue weighted by atomic mass is 10.2. The van der Waals surface area contributed by atoms with Gasteiger partial charge >= 0.3 is 5.97 Å². The molecule has 0 spiro atoms. The number of carbonyl (C=O) groups is 2. The summed E-state index contributed by atoms with van der Waals surface area (Å²) in [6.45, 7) is 1.54. The maximum absolute atomic E-state index is 12.3. The molecule has 0 bridgehead atoms. The summed E-state index contributed by atoms with van der Waals surface area (Å²) >= 11 is 0. The molecule has 1 aliphatic rings. The number of nitrogens with zero attached hydrogens (tertiary/aromatic N) is 2. The maximum atomic E-state index is 12.3. The van der Waals surface area contributed by atoms with Gasteiger partial charge in [-0.25, -0.2) is 4.79 Å². The van der Waals surface area contributed by atoms with E-state index in [9.17, 15) is 9.59 Å². The number of methoxy groups -OCH3 is 1. The number of carboxylic acids is 1. The molecular weight excluding hydrogens is 260 g/mol. The lowest BCUT2D eigenvalue weighted by molar-refractivity contribution is -0.149. The number of aliphatic carboxylic acids is 1. The molecule has 20 heavy (non-hydrogen) atoms. The largest absolute Gasteiger partial charge is 0.495 e. The smallest absolute Gasteiger partial charge is 0.326 e. The summed E-state index contributed by atoms with van der Waals surface area (Å²) in [5.74, 6) is -0.549. The van der Waals surface area contributed by atoms with Gasteiger partial charge in [0.1, 0.15) is 11.8 Å². The van der Waals surface area contributed by atoms with Crippen LogP contribution in [-0.4, -0.2) is 46.1 Å². The van der Waals surface area contributed by atoms with Gasteiger partial charge in [-0.1, -0.05) is 0 Å². The number of carboxylic acid groups (broad SMARTS) is 1. The molecule has 1 unspecified atom stereocenters. The number of carbonyl (C=O) groups excluding carboxylic acids is 1. The molecule has 1 N–H and O–H groups in total. The quantitative estimate of drug-likeness (QED) is 0.842. The zero-order valence-electron chi connectivity index (χ0n) is 11.6. The van der Waals surface area contributed by atoms with Crippen molar-refractivity contribution in [3.63, 3.8) is 0 Å². The number of hydrogen-bond acceptors (Lipinski definition) is 4. The van der Waals surface area contributed by atoms with Gasteiger partial charge in [0, 0.05) is 11.7 Å². The summed E-state index contributed by atoms with van der Waals surface area (Å²) in [4.78, 5) is 29.0. The van der Waals surface area contributed by atoms with Crippen LogP contribution in [0.4, 0.5) is 0 Å². The molecule has 0 saturated heterocycles. The van der Waals surface area contributed by atoms with Gasteiger partial charge in [0.05, 0.1) is 19.7 Å². The molecule has 108 valence electrons. The van der Waals surface area contributed by atoms with Gasteiger partial charge in [-0.15, -0.1) is 0 Å². The van der Waals surface area contributed by atoms with Gasteiger partial charge in [-0.3, -0.25) is 9.78 Å². The van der Waals surface area contributed by atoms with Crippen LogP contribution in [0.5, 0.6) is 5.75 Å². The molecule has 1 amide bonds. The van der Waals surface area contributed by atoms with Crippen molar-refractivity contribution in [3.05, 3.63) is 24.0 Å². The van der Waals surface area contributed by atoms with Crippen LogP contribution in [-0.2, 0) is 16.0 Å². The molecule has 0 aromatic carbocycles. The van der Waals surface area contributed by atoms with E-state index in [1.54, 1.807) is 32.4 Å². The Bertz CT molecular complexity index is 496. The maximum Gasteiger partial charge on any atom is 0.326 e. The molecule has 1 heterocycles. The Hall–Kier alpha value is -2.11. The third-order valence-electron chi connectivity index (χ3n) is 3.37. The van der Waals surface area contributed by atoms with Gasteiger partial charge in [0.2, 0.25) is 5.91 Å². The van der Waals surface area contributed by atoms with Gasteiger partial charge in [0.15, 0.2) is 0 Å². The average Bonchev–Trinajstić information content (AvgIpc) is 3.24. The molecule has 1 aliphatic carbocycles. The first-order valence-electron chi connectivity index (χ1n) is 6.56. The summed E-state index contributed by atoms with van der Waals surface area (Å²) in [7, 11) is 1.55. The van der Waals surface area contributed by atoms with Gasteiger partial charge in [0.25, 0.3) is 0 Å². The van der Waals surface area contributed by atoms with Crippen molar-refractivity contribution in [2.24, 2.45) is 0 Å². The highest BCUT2D eigenvalue weighted by atomic mass is 16.5. The van der Waals surface area contributed by atoms with Gasteiger partial charge < -0.3 is 14.7 Å². The highest BCUT2D eigenvalue weighted by Gasteiger charge is 2.38. The molecule has 2 rings (SSSR count). The zero-order valence-corrected chi connectivity index (χ0v) is 11.6. The zero-order chi connectivity index (χ0) is 14.7. The normalized spacial score (nSPS) is 15.5. The fraction of sp³-hybridized carbons (Fsp3) is 0.500. The Labute approximate surface area is 117 Å². The van der Waals surface area contributed by atoms with Crippen LogP contribution >= 0.6 is 0 Å². The highest BCUT2D eigenvalue weighted by Crippen LogP contribution is 2.29. The standard InChI is InChI=1S/C14H18N2O4/c1-9(14(18)19)16(11-4-5-11)13(17)7-10-3-6-12(20-2)8-15-10/h3,6,8-9,11H,4-5,7H2,1-2H3,(H,18,19). The summed E-state index contributed by atoms with van der Waals surface area (Å²) in [5, 5.41) is 9.09. The monoisotopic (exact) mass is 278 g/mol. The Morgan fingerprint density at radius 1 is 1.50 bits per heavy atom. The second-order valence-corrected chi connectivity index (χ2v) is 4.91. The lowest BCUT2D eigenvalue weighted by Gasteiger charge is -2.26. The summed E-state index contributed by atoms with van der Waals surface area (Å²) in [6.07, 6.45) is 3.40. The van der Waals surface area contributed by atoms with Crippen LogP contribution in [0.15, 0.2) is 18.3 Å². The van der Waals surface area contributed by atoms with Crippen LogP contribution in [0.3, 0.4) is 0 Å². The SMILES string of the molecule is COc1ccc(CC(=O)N(C2CC2)C(C)C(=O)O)nc1. The van der Waals surface area contributed by atoms with Crippen molar-refractivity contribution in [1.82, 2.24) is 9.88 Å². The van der Waals surface area contributed by atoms with E-state index in [-0.39, 0.29) is 18.4 Å². The van der Waals surface area contributed by atoms with Crippen molar-refractivity contribution in [2.45, 2.75) is 38.3 Å². The summed E-state index contributed by atoms with van der Waals surface area (Å²) in [5.41, 5.74) is 0.610. The minimum atomic E-state index is -0.979. The first-order chi connectivity index (χ1) is 9.52. The Kier molecular flexibility index (Phi) is 4.22. The van der Waals surface area contributed by atoms with Gasteiger partial charge in [-0.05, 0) is 31.9 Å². The van der Waals surface area contributed by atoms with Crippen LogP contribution in [0, 0.1) is 0 Å². The number of pyridine rings is 1. The third kappa shape index (κ3) is 3.26. The molecular formula is C14H18N2O4. The topological polar surface area (TPSA) is 79.7 Å². The molecule has 1 aromatic rings. The minimum Gasteiger partial charge on any atom is -0.495 e. The van der Waals surface area contributed by atoms with E-state index in [0.717, 1.165) is 12.8 Å². The minimum absolute atomic E-state index is 0.0619. The molecule has 0 radical (unpaired) electrons. The fourth-order valence-electron chi connectivity index (χ4n) is 2.09. The van der Waals surface area contributed by atoms with E-state index in [2.05, 4.69) is 4.98 Å². The molecule has 0 aliphatic heterocycles. The molecule has 1 saturated carbocycles. The molecule has 6 heteroatoms. The average molecular weight is 278 g/mol. The van der Waals surface area contributed by atoms with E-state index < -0.39 is 12.0 Å². The number of ether oxygens (including phenoxy) is 1. The number of rotatable bonds is 6. The van der Waals surface area contributed by atoms with Crippen molar-refractivity contribution in [3.8, 4) is 5.75 Å². The van der Waals surface area contributed by atoms with Crippen LogP contribution in [0.1, 0.15) is 25.5 Å². The second-order valence-electron chi connectivity index (χ2n) is 4.91. The summed E-state index contributed by atoms with van der Waals surface area (Å²) < 4.78 is 5.00. The van der Waals surface area contributed by atoms with Crippen LogP contribution in [0.2, 0.25) is 0 Å². The Morgan fingerprint density at radius 3 is 2.65 bits per heavy atom. The Balaban J connectivity index is 2.06. The van der Waals surface area contributed by atoms with E-state index in [1.165, 1.54) is 4.90 Å². The number of amides is 1. The van der Waals surface area contributed by atoms with Crippen molar-refractivity contribution in [1.29, 1.82) is 0 Å². The van der Waals surface area contributed by atoms with Crippen molar-refractivity contribution in [2.75, 3.05) is 7.11 Å². The number of hydrogen-bond donors (Lipinski definition) is 1. The molecule has 1 fully saturated rings. The van der Waals surface area contributed by atoms with E-state index >= 15 is 0 Å².